The molecule has 2 heterocycles. The fourth-order valence-corrected chi connectivity index (χ4v) is 3.02. The molecule has 0 unspecified atom stereocenters. The van der Waals surface area contributed by atoms with Gasteiger partial charge in [-0.25, -0.2) is 4.79 Å². The van der Waals surface area contributed by atoms with Gasteiger partial charge in [-0.05, 0) is 47.9 Å². The number of aromatic hydroxyl groups is 2. The van der Waals surface area contributed by atoms with Crippen LogP contribution in [0.15, 0.2) is 42.0 Å². The molecule has 0 spiro atoms. The molecule has 1 fully saturated rings. The van der Waals surface area contributed by atoms with Gasteiger partial charge in [0, 0.05) is 11.5 Å². The van der Waals surface area contributed by atoms with Crippen LogP contribution >= 0.6 is 0 Å². The largest absolute Gasteiger partial charge is 0.504 e. The zero-order valence-corrected chi connectivity index (χ0v) is 13.3. The molecule has 2 N–H and O–H groups in total. The zero-order chi connectivity index (χ0) is 17.4. The van der Waals surface area contributed by atoms with Gasteiger partial charge in [0.05, 0.1) is 6.61 Å². The predicted octanol–water partition coefficient (Wildman–Crippen LogP) is 2.63. The van der Waals surface area contributed by atoms with Crippen molar-refractivity contribution in [2.45, 2.75) is 6.42 Å². The number of phenols is 2. The van der Waals surface area contributed by atoms with Crippen molar-refractivity contribution >= 4 is 12.0 Å². The lowest BCUT2D eigenvalue weighted by Gasteiger charge is -2.09. The molecule has 25 heavy (non-hydrogen) atoms. The highest BCUT2D eigenvalue weighted by Gasteiger charge is 2.31. The highest BCUT2D eigenvalue weighted by atomic mass is 16.7. The first-order valence-corrected chi connectivity index (χ1v) is 7.89. The summed E-state index contributed by atoms with van der Waals surface area (Å²) in [5.41, 5.74) is 2.19. The number of phenolic OH excluding ortho intramolecular Hbond substituents is 2. The maximum absolute atomic E-state index is 12.1. The molecule has 128 valence electrons. The van der Waals surface area contributed by atoms with Crippen LogP contribution in [0.1, 0.15) is 11.1 Å². The molecular weight excluding hydrogens is 324 g/mol. The molecule has 6 nitrogen and oxygen atoms in total. The van der Waals surface area contributed by atoms with E-state index in [-0.39, 0.29) is 30.2 Å². The summed E-state index contributed by atoms with van der Waals surface area (Å²) in [4.78, 5) is 12.1. The number of benzene rings is 2. The topological polar surface area (TPSA) is 85.2 Å². The lowest BCUT2D eigenvalue weighted by atomic mass is 9.92. The number of carbonyl (C=O) groups is 1. The molecule has 0 aliphatic carbocycles. The lowest BCUT2D eigenvalue weighted by molar-refractivity contribution is -0.135. The van der Waals surface area contributed by atoms with Gasteiger partial charge < -0.3 is 24.4 Å². The van der Waals surface area contributed by atoms with E-state index in [0.29, 0.717) is 29.9 Å². The van der Waals surface area contributed by atoms with E-state index >= 15 is 0 Å². The Labute approximate surface area is 143 Å². The number of ether oxygens (including phenoxy) is 3. The van der Waals surface area contributed by atoms with Crippen molar-refractivity contribution < 1.29 is 29.2 Å². The summed E-state index contributed by atoms with van der Waals surface area (Å²) < 4.78 is 15.9. The Morgan fingerprint density at radius 1 is 1.00 bits per heavy atom. The van der Waals surface area contributed by atoms with Gasteiger partial charge in [0.2, 0.25) is 6.79 Å². The van der Waals surface area contributed by atoms with E-state index in [1.165, 1.54) is 12.1 Å². The van der Waals surface area contributed by atoms with Crippen molar-refractivity contribution in [2.75, 3.05) is 13.4 Å². The molecule has 4 rings (SSSR count). The minimum Gasteiger partial charge on any atom is -0.504 e. The van der Waals surface area contributed by atoms with Gasteiger partial charge in [0.25, 0.3) is 0 Å². The SMILES string of the molecule is O=C1OC[C@H](Cc2ccc3c(c2)OCO3)C1=Cc1ccc(O)c(O)c1. The average molecular weight is 340 g/mol. The van der Waals surface area contributed by atoms with E-state index in [2.05, 4.69) is 0 Å². The Hall–Kier alpha value is -3.15. The second-order valence-electron chi connectivity index (χ2n) is 6.03. The van der Waals surface area contributed by atoms with Crippen LogP contribution < -0.4 is 9.47 Å². The van der Waals surface area contributed by atoms with Gasteiger partial charge in [-0.15, -0.1) is 0 Å². The fourth-order valence-electron chi connectivity index (χ4n) is 3.02. The zero-order valence-electron chi connectivity index (χ0n) is 13.3. The number of fused-ring (bicyclic) bond motifs is 1. The van der Waals surface area contributed by atoms with Crippen molar-refractivity contribution in [1.29, 1.82) is 0 Å². The predicted molar refractivity (Wildman–Crippen MR) is 88.5 cm³/mol. The maximum atomic E-state index is 12.1. The standard InChI is InChI=1S/C19H16O6/c20-15-3-1-12(7-16(15)21)6-14-13(9-23-19(14)22)5-11-2-4-17-18(8-11)25-10-24-17/h1-4,6-8,13,20-21H,5,9-10H2/t13-/m0/s1. The van der Waals surface area contributed by atoms with Crippen LogP contribution in [0.5, 0.6) is 23.0 Å². The summed E-state index contributed by atoms with van der Waals surface area (Å²) in [6.45, 7) is 0.530. The average Bonchev–Trinajstić information content (AvgIpc) is 3.19. The second kappa shape index (κ2) is 6.05. The first-order valence-electron chi connectivity index (χ1n) is 7.89. The summed E-state index contributed by atoms with van der Waals surface area (Å²) in [5.74, 6) is 0.540. The summed E-state index contributed by atoms with van der Waals surface area (Å²) >= 11 is 0. The molecule has 1 atom stereocenters. The van der Waals surface area contributed by atoms with Gasteiger partial charge in [-0.1, -0.05) is 12.1 Å². The molecule has 6 heteroatoms. The van der Waals surface area contributed by atoms with Gasteiger partial charge in [0.1, 0.15) is 0 Å². The quantitative estimate of drug-likeness (QED) is 0.508. The number of hydrogen-bond acceptors (Lipinski definition) is 6. The van der Waals surface area contributed by atoms with E-state index in [0.717, 1.165) is 11.3 Å². The molecule has 2 aliphatic rings. The lowest BCUT2D eigenvalue weighted by Crippen LogP contribution is -2.07. The van der Waals surface area contributed by atoms with Crippen LogP contribution in [0.25, 0.3) is 6.08 Å². The molecule has 2 aromatic rings. The molecule has 1 saturated heterocycles. The monoisotopic (exact) mass is 340 g/mol. The van der Waals surface area contributed by atoms with Gasteiger partial charge in [0.15, 0.2) is 23.0 Å². The highest BCUT2D eigenvalue weighted by Crippen LogP contribution is 2.35. The molecule has 0 bridgehead atoms. The summed E-state index contributed by atoms with van der Waals surface area (Å²) in [7, 11) is 0. The van der Waals surface area contributed by atoms with Crippen molar-refractivity contribution in [3.8, 4) is 23.0 Å². The number of esters is 1. The van der Waals surface area contributed by atoms with Crippen LogP contribution in [0, 0.1) is 5.92 Å². The smallest absolute Gasteiger partial charge is 0.334 e. The summed E-state index contributed by atoms with van der Waals surface area (Å²) in [5, 5.41) is 19.0. The number of cyclic esters (lactones) is 1. The van der Waals surface area contributed by atoms with Crippen LogP contribution in [0.2, 0.25) is 0 Å². The third kappa shape index (κ3) is 2.98. The minimum absolute atomic E-state index is 0.0937. The highest BCUT2D eigenvalue weighted by molar-refractivity contribution is 5.96. The molecular formula is C19H16O6. The molecule has 2 aromatic carbocycles. The molecule has 0 radical (unpaired) electrons. The van der Waals surface area contributed by atoms with Gasteiger partial charge >= 0.3 is 5.97 Å². The van der Waals surface area contributed by atoms with Crippen molar-refractivity contribution in [1.82, 2.24) is 0 Å². The Bertz CT molecular complexity index is 870. The van der Waals surface area contributed by atoms with Crippen molar-refractivity contribution in [2.24, 2.45) is 5.92 Å². The molecule has 0 aromatic heterocycles. The minimum atomic E-state index is -0.363. The summed E-state index contributed by atoms with van der Waals surface area (Å²) in [6, 6.07) is 10.1. The molecule has 2 aliphatic heterocycles. The van der Waals surface area contributed by atoms with Crippen LogP contribution in [0.3, 0.4) is 0 Å². The van der Waals surface area contributed by atoms with Crippen LogP contribution in [-0.2, 0) is 16.0 Å². The third-order valence-electron chi connectivity index (χ3n) is 4.33. The summed E-state index contributed by atoms with van der Waals surface area (Å²) in [6.07, 6.45) is 2.31. The van der Waals surface area contributed by atoms with Crippen molar-refractivity contribution in [3.63, 3.8) is 0 Å². The number of carbonyl (C=O) groups excluding carboxylic acids is 1. The van der Waals surface area contributed by atoms with E-state index in [1.807, 2.05) is 18.2 Å². The van der Waals surface area contributed by atoms with Gasteiger partial charge in [-0.3, -0.25) is 0 Å². The Morgan fingerprint density at radius 3 is 2.68 bits per heavy atom. The van der Waals surface area contributed by atoms with E-state index in [4.69, 9.17) is 14.2 Å². The Kier molecular flexibility index (Phi) is 3.72. The van der Waals surface area contributed by atoms with E-state index in [1.54, 1.807) is 12.1 Å². The first-order chi connectivity index (χ1) is 12.1. The van der Waals surface area contributed by atoms with E-state index < -0.39 is 0 Å². The third-order valence-corrected chi connectivity index (χ3v) is 4.33. The normalized spacial score (nSPS) is 20.1. The van der Waals surface area contributed by atoms with Gasteiger partial charge in [-0.2, -0.15) is 0 Å². The fraction of sp³-hybridized carbons (Fsp3) is 0.211. The number of hydrogen-bond donors (Lipinski definition) is 2. The Morgan fingerprint density at radius 2 is 1.84 bits per heavy atom. The molecule has 0 saturated carbocycles. The van der Waals surface area contributed by atoms with Crippen molar-refractivity contribution in [3.05, 3.63) is 53.1 Å². The van der Waals surface area contributed by atoms with Crippen LogP contribution in [-0.4, -0.2) is 29.6 Å². The van der Waals surface area contributed by atoms with Crippen LogP contribution in [0.4, 0.5) is 0 Å². The number of rotatable bonds is 3. The molecule has 0 amide bonds. The first kappa shape index (κ1) is 15.4. The maximum Gasteiger partial charge on any atom is 0.334 e. The Balaban J connectivity index is 1.59. The van der Waals surface area contributed by atoms with E-state index in [9.17, 15) is 15.0 Å². The second-order valence-corrected chi connectivity index (χ2v) is 6.03.